The summed E-state index contributed by atoms with van der Waals surface area (Å²) >= 11 is 0. The number of carbonyl (C=O) groups is 2. The van der Waals surface area contributed by atoms with Gasteiger partial charge in [-0.25, -0.2) is 0 Å². The molecular weight excluding hydrogens is 813 g/mol. The molecule has 6 atom stereocenters. The fraction of sp³-hybridized carbons (Fsp3) is 0.694. The van der Waals surface area contributed by atoms with Crippen LogP contribution in [0.2, 0.25) is 0 Å². The predicted octanol–water partition coefficient (Wildman–Crippen LogP) is 9.66. The number of aliphatic hydroxyl groups excluding tert-OH is 3. The lowest BCUT2D eigenvalue weighted by Crippen LogP contribution is -2.60. The van der Waals surface area contributed by atoms with Gasteiger partial charge in [0, 0.05) is 12.8 Å². The molecular formula is C49H80O12S. The van der Waals surface area contributed by atoms with Crippen molar-refractivity contribution < 1.29 is 56.8 Å². The molecule has 0 aromatic heterocycles. The SMILES string of the molecule is CC/C=C/C/C=C/C/C=C/C/C=C/C/C=C/CCCCCC(=O)O[C@H](COC(=O)CCCCCCCC=C=CCCCCCCC)CO[C@H]1O[C@H](CS(=O)(=O)O)[C@@H](O)C(O)C1O. The Morgan fingerprint density at radius 2 is 1.11 bits per heavy atom. The monoisotopic (exact) mass is 893 g/mol. The number of esters is 2. The molecule has 12 nitrogen and oxygen atoms in total. The summed E-state index contributed by atoms with van der Waals surface area (Å²) in [4.78, 5) is 25.4. The Morgan fingerprint density at radius 3 is 1.69 bits per heavy atom. The minimum Gasteiger partial charge on any atom is -0.462 e. The summed E-state index contributed by atoms with van der Waals surface area (Å²) in [6, 6.07) is 0. The lowest BCUT2D eigenvalue weighted by Gasteiger charge is -2.40. The van der Waals surface area contributed by atoms with Crippen LogP contribution in [0.15, 0.2) is 78.6 Å². The summed E-state index contributed by atoms with van der Waals surface area (Å²) in [7, 11) is -4.61. The first kappa shape index (κ1) is 56.9. The van der Waals surface area contributed by atoms with Gasteiger partial charge in [-0.1, -0.05) is 126 Å². The number of hydrogen-bond acceptors (Lipinski definition) is 11. The van der Waals surface area contributed by atoms with E-state index in [1.807, 2.05) is 0 Å². The molecule has 13 heteroatoms. The van der Waals surface area contributed by atoms with Crippen LogP contribution < -0.4 is 0 Å². The van der Waals surface area contributed by atoms with Crippen molar-refractivity contribution in [3.8, 4) is 0 Å². The molecule has 1 aliphatic rings. The summed E-state index contributed by atoms with van der Waals surface area (Å²) in [6.07, 6.45) is 37.2. The zero-order valence-corrected chi connectivity index (χ0v) is 38.6. The van der Waals surface area contributed by atoms with E-state index in [-0.39, 0.29) is 19.4 Å². The van der Waals surface area contributed by atoms with Crippen LogP contribution in [0.1, 0.15) is 162 Å². The van der Waals surface area contributed by atoms with Crippen molar-refractivity contribution in [2.75, 3.05) is 19.0 Å². The van der Waals surface area contributed by atoms with E-state index >= 15 is 0 Å². The summed E-state index contributed by atoms with van der Waals surface area (Å²) in [6.45, 7) is 3.57. The molecule has 0 radical (unpaired) electrons. The predicted molar refractivity (Wildman–Crippen MR) is 246 cm³/mol. The maximum Gasteiger partial charge on any atom is 0.306 e. The Kier molecular flexibility index (Phi) is 35.2. The smallest absolute Gasteiger partial charge is 0.306 e. The van der Waals surface area contributed by atoms with Gasteiger partial charge in [0.15, 0.2) is 12.4 Å². The van der Waals surface area contributed by atoms with Gasteiger partial charge in [0.25, 0.3) is 10.1 Å². The molecule has 4 N–H and O–H groups in total. The molecule has 0 aromatic carbocycles. The van der Waals surface area contributed by atoms with E-state index in [0.29, 0.717) is 12.8 Å². The van der Waals surface area contributed by atoms with Gasteiger partial charge in [-0.2, -0.15) is 8.42 Å². The summed E-state index contributed by atoms with van der Waals surface area (Å²) in [5.41, 5.74) is 3.28. The Bertz CT molecular complexity index is 1480. The first-order valence-corrected chi connectivity index (χ1v) is 24.8. The van der Waals surface area contributed by atoms with Crippen molar-refractivity contribution in [1.29, 1.82) is 0 Å². The number of carbonyl (C=O) groups excluding carboxylic acids is 2. The van der Waals surface area contributed by atoms with Gasteiger partial charge in [0.2, 0.25) is 0 Å². The zero-order chi connectivity index (χ0) is 45.5. The van der Waals surface area contributed by atoms with Crippen LogP contribution in [0.5, 0.6) is 0 Å². The van der Waals surface area contributed by atoms with Gasteiger partial charge in [0.05, 0.1) is 6.61 Å². The summed E-state index contributed by atoms with van der Waals surface area (Å²) in [5.74, 6) is -2.06. The summed E-state index contributed by atoms with van der Waals surface area (Å²) in [5, 5.41) is 30.9. The molecule has 1 saturated heterocycles. The second kappa shape index (κ2) is 38.3. The molecule has 0 spiro atoms. The molecule has 0 aliphatic carbocycles. The van der Waals surface area contributed by atoms with Crippen LogP contribution in [0.4, 0.5) is 0 Å². The number of unbranched alkanes of at least 4 members (excludes halogenated alkanes) is 13. The van der Waals surface area contributed by atoms with E-state index in [1.54, 1.807) is 0 Å². The number of rotatable bonds is 37. The molecule has 62 heavy (non-hydrogen) atoms. The molecule has 1 aliphatic heterocycles. The lowest BCUT2D eigenvalue weighted by molar-refractivity contribution is -0.297. The third kappa shape index (κ3) is 32.5. The van der Waals surface area contributed by atoms with E-state index in [2.05, 4.69) is 92.5 Å². The van der Waals surface area contributed by atoms with Crippen molar-refractivity contribution in [2.24, 2.45) is 0 Å². The molecule has 1 rings (SSSR count). The zero-order valence-electron chi connectivity index (χ0n) is 37.7. The van der Waals surface area contributed by atoms with E-state index in [0.717, 1.165) is 89.9 Å². The van der Waals surface area contributed by atoms with Gasteiger partial charge in [-0.15, -0.1) is 5.73 Å². The molecule has 1 fully saturated rings. The summed E-state index contributed by atoms with van der Waals surface area (Å²) < 4.78 is 54.0. The highest BCUT2D eigenvalue weighted by Gasteiger charge is 2.46. The van der Waals surface area contributed by atoms with Crippen LogP contribution >= 0.6 is 0 Å². The van der Waals surface area contributed by atoms with Gasteiger partial charge < -0.3 is 34.3 Å². The minimum atomic E-state index is -4.61. The van der Waals surface area contributed by atoms with Crippen LogP contribution in [0.25, 0.3) is 0 Å². The highest BCUT2D eigenvalue weighted by molar-refractivity contribution is 7.85. The highest BCUT2D eigenvalue weighted by atomic mass is 32.2. The second-order valence-electron chi connectivity index (χ2n) is 15.8. The highest BCUT2D eigenvalue weighted by Crippen LogP contribution is 2.24. The van der Waals surface area contributed by atoms with Crippen LogP contribution in [-0.2, 0) is 38.7 Å². The largest absolute Gasteiger partial charge is 0.462 e. The Balaban J connectivity index is 2.49. The van der Waals surface area contributed by atoms with E-state index in [9.17, 15) is 37.9 Å². The van der Waals surface area contributed by atoms with Crippen LogP contribution in [0.3, 0.4) is 0 Å². The second-order valence-corrected chi connectivity index (χ2v) is 17.3. The quantitative estimate of drug-likeness (QED) is 0.0152. The van der Waals surface area contributed by atoms with Crippen molar-refractivity contribution in [1.82, 2.24) is 0 Å². The normalized spacial score (nSPS) is 20.1. The molecule has 0 saturated carbocycles. The van der Waals surface area contributed by atoms with E-state index in [1.165, 1.54) is 32.1 Å². The fourth-order valence-corrected chi connectivity index (χ4v) is 7.13. The van der Waals surface area contributed by atoms with Crippen molar-refractivity contribution in [3.05, 3.63) is 78.6 Å². The first-order valence-electron chi connectivity index (χ1n) is 23.2. The van der Waals surface area contributed by atoms with Gasteiger partial charge in [-0.3, -0.25) is 14.1 Å². The molecule has 354 valence electrons. The first-order chi connectivity index (χ1) is 30.0. The molecule has 2 unspecified atom stereocenters. The number of hydrogen-bond donors (Lipinski definition) is 4. The fourth-order valence-electron chi connectivity index (χ4n) is 6.44. The van der Waals surface area contributed by atoms with Crippen LogP contribution in [-0.4, -0.2) is 96.0 Å². The number of aliphatic hydroxyl groups is 3. The maximum absolute atomic E-state index is 12.8. The standard InChI is InChI=1S/C49H80O12S/c1-3-5-7-9-11-13-15-17-19-20-21-22-24-26-28-30-32-34-36-38-45(51)60-42(40-59-49-48(54)47(53)46(52)43(61-49)41-62(55,56)57)39-58-44(50)37-35-33-31-29-27-25-23-18-16-14-12-10-8-6-4-2/h5,7,11,13,16-17,19,21-23,26,28,42-43,46-49,52-54H,3-4,6,8-10,12,14-15,20,24-25,27,29-41H2,1-2H3,(H,55,56,57)/b7-5+,13-11+,19-17+,22-21+,28-26+/t18?,42-,43-,46-,47?,48?,49+/m1/s1. The Morgan fingerprint density at radius 1 is 0.613 bits per heavy atom. The topological polar surface area (TPSA) is 186 Å². The third-order valence-corrected chi connectivity index (χ3v) is 10.8. The average molecular weight is 893 g/mol. The number of ether oxygens (including phenoxy) is 4. The van der Waals surface area contributed by atoms with Gasteiger partial charge in [0.1, 0.15) is 36.8 Å². The molecule has 1 heterocycles. The van der Waals surface area contributed by atoms with E-state index < -0.39 is 71.2 Å². The Labute approximate surface area is 373 Å². The maximum atomic E-state index is 12.8. The Hall–Kier alpha value is -3.13. The van der Waals surface area contributed by atoms with Crippen molar-refractivity contribution in [2.45, 2.75) is 198 Å². The minimum absolute atomic E-state index is 0.116. The van der Waals surface area contributed by atoms with Crippen molar-refractivity contribution in [3.63, 3.8) is 0 Å². The van der Waals surface area contributed by atoms with E-state index in [4.69, 9.17) is 18.9 Å². The molecule has 0 amide bonds. The number of allylic oxidation sites excluding steroid dienone is 11. The third-order valence-electron chi connectivity index (χ3n) is 10.0. The lowest BCUT2D eigenvalue weighted by atomic mass is 10.00. The van der Waals surface area contributed by atoms with Crippen LogP contribution in [0, 0.1) is 0 Å². The van der Waals surface area contributed by atoms with Gasteiger partial charge >= 0.3 is 11.9 Å². The van der Waals surface area contributed by atoms with Gasteiger partial charge in [-0.05, 0) is 95.6 Å². The molecule has 0 aromatic rings. The van der Waals surface area contributed by atoms with Crippen molar-refractivity contribution >= 4 is 22.1 Å². The molecule has 0 bridgehead atoms. The average Bonchev–Trinajstić information content (AvgIpc) is 3.24.